The maximum atomic E-state index is 5.85. The highest BCUT2D eigenvalue weighted by Gasteiger charge is 2.13. The predicted octanol–water partition coefficient (Wildman–Crippen LogP) is 3.28. The molecule has 1 aromatic carbocycles. The van der Waals surface area contributed by atoms with Crippen LogP contribution in [0.2, 0.25) is 0 Å². The van der Waals surface area contributed by atoms with Gasteiger partial charge in [0.25, 0.3) is 0 Å². The third-order valence-corrected chi connectivity index (χ3v) is 3.39. The Balaban J connectivity index is 0.00000180. The minimum atomic E-state index is 0. The topological polar surface area (TPSA) is 30.5 Å². The second kappa shape index (κ2) is 9.05. The van der Waals surface area contributed by atoms with Crippen LogP contribution in [0.4, 0.5) is 0 Å². The Labute approximate surface area is 122 Å². The molecule has 4 heteroatoms. The monoisotopic (exact) mass is 285 g/mol. The largest absolute Gasteiger partial charge is 0.490 e. The first-order valence-corrected chi connectivity index (χ1v) is 6.95. The zero-order valence-electron chi connectivity index (χ0n) is 11.6. The lowest BCUT2D eigenvalue weighted by atomic mass is 9.95. The summed E-state index contributed by atoms with van der Waals surface area (Å²) in [7, 11) is 0. The van der Waals surface area contributed by atoms with E-state index in [9.17, 15) is 0 Å². The fraction of sp³-hybridized carbons (Fsp3) is 0.600. The fourth-order valence-corrected chi connectivity index (χ4v) is 2.35. The van der Waals surface area contributed by atoms with E-state index >= 15 is 0 Å². The maximum absolute atomic E-state index is 5.85. The average molecular weight is 286 g/mol. The number of nitrogens with one attached hydrogen (secondary N) is 1. The molecule has 2 rings (SSSR count). The van der Waals surface area contributed by atoms with Crippen LogP contribution in [-0.2, 0) is 0 Å². The Morgan fingerprint density at radius 2 is 1.74 bits per heavy atom. The highest BCUT2D eigenvalue weighted by atomic mass is 35.5. The first-order valence-electron chi connectivity index (χ1n) is 6.95. The minimum absolute atomic E-state index is 0. The van der Waals surface area contributed by atoms with Gasteiger partial charge in [0.2, 0.25) is 0 Å². The molecular formula is C15H24ClNO2. The van der Waals surface area contributed by atoms with E-state index in [0.717, 1.165) is 43.5 Å². The first-order chi connectivity index (χ1) is 8.90. The Morgan fingerprint density at radius 1 is 1.11 bits per heavy atom. The van der Waals surface area contributed by atoms with E-state index in [2.05, 4.69) is 5.32 Å². The summed E-state index contributed by atoms with van der Waals surface area (Å²) in [5.74, 6) is 2.53. The number of benzene rings is 1. The Morgan fingerprint density at radius 3 is 2.37 bits per heavy atom. The van der Waals surface area contributed by atoms with Crippen molar-refractivity contribution < 1.29 is 9.47 Å². The van der Waals surface area contributed by atoms with E-state index in [1.54, 1.807) is 0 Å². The molecule has 0 bridgehead atoms. The van der Waals surface area contributed by atoms with Crippen LogP contribution >= 0.6 is 12.4 Å². The van der Waals surface area contributed by atoms with Crippen LogP contribution in [-0.4, -0.2) is 26.3 Å². The summed E-state index contributed by atoms with van der Waals surface area (Å²) >= 11 is 0. The van der Waals surface area contributed by atoms with Crippen molar-refractivity contribution in [2.24, 2.45) is 5.92 Å². The molecule has 0 saturated carbocycles. The van der Waals surface area contributed by atoms with Gasteiger partial charge in [0, 0.05) is 0 Å². The minimum Gasteiger partial charge on any atom is -0.490 e. The predicted molar refractivity (Wildman–Crippen MR) is 80.6 cm³/mol. The number of hydrogen-bond acceptors (Lipinski definition) is 3. The van der Waals surface area contributed by atoms with Gasteiger partial charge in [-0.2, -0.15) is 0 Å². The zero-order chi connectivity index (χ0) is 12.6. The molecular weight excluding hydrogens is 262 g/mol. The highest BCUT2D eigenvalue weighted by Crippen LogP contribution is 2.27. The molecule has 0 spiro atoms. The lowest BCUT2D eigenvalue weighted by Gasteiger charge is -2.22. The van der Waals surface area contributed by atoms with Crippen molar-refractivity contribution in [3.63, 3.8) is 0 Å². The van der Waals surface area contributed by atoms with Crippen LogP contribution < -0.4 is 14.8 Å². The smallest absolute Gasteiger partial charge is 0.161 e. The SMILES string of the molecule is CCOc1ccccc1OCCC1CCNCC1.Cl. The summed E-state index contributed by atoms with van der Waals surface area (Å²) in [6.45, 7) is 5.76. The van der Waals surface area contributed by atoms with Crippen LogP contribution in [0, 0.1) is 5.92 Å². The second-order valence-corrected chi connectivity index (χ2v) is 4.71. The van der Waals surface area contributed by atoms with Crippen molar-refractivity contribution in [1.29, 1.82) is 0 Å². The van der Waals surface area contributed by atoms with Crippen molar-refractivity contribution in [3.8, 4) is 11.5 Å². The van der Waals surface area contributed by atoms with Gasteiger partial charge in [-0.1, -0.05) is 12.1 Å². The Bertz CT molecular complexity index is 354. The molecule has 3 nitrogen and oxygen atoms in total. The molecule has 0 amide bonds. The zero-order valence-corrected chi connectivity index (χ0v) is 12.4. The lowest BCUT2D eigenvalue weighted by Crippen LogP contribution is -2.28. The number of hydrogen-bond donors (Lipinski definition) is 1. The molecule has 1 aliphatic heterocycles. The Kier molecular flexibility index (Phi) is 7.68. The quantitative estimate of drug-likeness (QED) is 0.870. The highest BCUT2D eigenvalue weighted by molar-refractivity contribution is 5.85. The number of halogens is 1. The maximum Gasteiger partial charge on any atom is 0.161 e. The van der Waals surface area contributed by atoms with Gasteiger partial charge in [0.1, 0.15) is 0 Å². The van der Waals surface area contributed by atoms with Gasteiger partial charge in [-0.05, 0) is 57.3 Å². The van der Waals surface area contributed by atoms with Gasteiger partial charge in [-0.15, -0.1) is 12.4 Å². The average Bonchev–Trinajstić information content (AvgIpc) is 2.42. The Hall–Kier alpha value is -0.930. The second-order valence-electron chi connectivity index (χ2n) is 4.71. The van der Waals surface area contributed by atoms with Gasteiger partial charge in [0.05, 0.1) is 13.2 Å². The number of ether oxygens (including phenoxy) is 2. The van der Waals surface area contributed by atoms with Gasteiger partial charge >= 0.3 is 0 Å². The molecule has 0 radical (unpaired) electrons. The van der Waals surface area contributed by atoms with E-state index in [-0.39, 0.29) is 12.4 Å². The molecule has 0 aromatic heterocycles. The number of piperidine rings is 1. The van der Waals surface area contributed by atoms with Crippen LogP contribution in [0.15, 0.2) is 24.3 Å². The van der Waals surface area contributed by atoms with Gasteiger partial charge in [0.15, 0.2) is 11.5 Å². The molecule has 108 valence electrons. The summed E-state index contributed by atoms with van der Waals surface area (Å²) in [5, 5.41) is 3.39. The van der Waals surface area contributed by atoms with Crippen LogP contribution in [0.1, 0.15) is 26.2 Å². The van der Waals surface area contributed by atoms with E-state index in [1.165, 1.54) is 12.8 Å². The van der Waals surface area contributed by atoms with Crippen LogP contribution in [0.5, 0.6) is 11.5 Å². The van der Waals surface area contributed by atoms with Crippen molar-refractivity contribution >= 4 is 12.4 Å². The van der Waals surface area contributed by atoms with Crippen molar-refractivity contribution in [2.45, 2.75) is 26.2 Å². The van der Waals surface area contributed by atoms with Gasteiger partial charge in [-0.3, -0.25) is 0 Å². The normalized spacial score (nSPS) is 15.6. The van der Waals surface area contributed by atoms with Gasteiger partial charge < -0.3 is 14.8 Å². The summed E-state index contributed by atoms with van der Waals surface area (Å²) in [4.78, 5) is 0. The van der Waals surface area contributed by atoms with Crippen molar-refractivity contribution in [3.05, 3.63) is 24.3 Å². The molecule has 1 saturated heterocycles. The van der Waals surface area contributed by atoms with E-state index in [0.29, 0.717) is 6.61 Å². The van der Waals surface area contributed by atoms with Crippen molar-refractivity contribution in [1.82, 2.24) is 5.32 Å². The number of rotatable bonds is 6. The molecule has 1 heterocycles. The van der Waals surface area contributed by atoms with E-state index in [1.807, 2.05) is 31.2 Å². The third-order valence-electron chi connectivity index (χ3n) is 3.39. The standard InChI is InChI=1S/C15H23NO2.ClH/c1-2-17-14-5-3-4-6-15(14)18-12-9-13-7-10-16-11-8-13;/h3-6,13,16H,2,7-12H2,1H3;1H. The van der Waals surface area contributed by atoms with E-state index in [4.69, 9.17) is 9.47 Å². The number of para-hydroxylation sites is 2. The van der Waals surface area contributed by atoms with Crippen molar-refractivity contribution in [2.75, 3.05) is 26.3 Å². The molecule has 1 fully saturated rings. The first kappa shape index (κ1) is 16.1. The molecule has 19 heavy (non-hydrogen) atoms. The molecule has 1 N–H and O–H groups in total. The summed E-state index contributed by atoms with van der Waals surface area (Å²) < 4.78 is 11.4. The lowest BCUT2D eigenvalue weighted by molar-refractivity contribution is 0.237. The van der Waals surface area contributed by atoms with Crippen LogP contribution in [0.25, 0.3) is 0 Å². The summed E-state index contributed by atoms with van der Waals surface area (Å²) in [5.41, 5.74) is 0. The summed E-state index contributed by atoms with van der Waals surface area (Å²) in [6.07, 6.45) is 3.69. The molecule has 0 unspecified atom stereocenters. The molecule has 0 atom stereocenters. The fourth-order valence-electron chi connectivity index (χ4n) is 2.35. The van der Waals surface area contributed by atoms with E-state index < -0.39 is 0 Å². The molecule has 1 aliphatic rings. The molecule has 1 aromatic rings. The van der Waals surface area contributed by atoms with Crippen LogP contribution in [0.3, 0.4) is 0 Å². The molecule has 0 aliphatic carbocycles. The van der Waals surface area contributed by atoms with Gasteiger partial charge in [-0.25, -0.2) is 0 Å². The third kappa shape index (κ3) is 5.29. The summed E-state index contributed by atoms with van der Waals surface area (Å²) in [6, 6.07) is 7.91.